The van der Waals surface area contributed by atoms with Crippen LogP contribution >= 0.6 is 0 Å². The predicted octanol–water partition coefficient (Wildman–Crippen LogP) is 3.16. The van der Waals surface area contributed by atoms with E-state index in [1.165, 1.54) is 18.2 Å². The fraction of sp³-hybridized carbons (Fsp3) is 0.0769. The van der Waals surface area contributed by atoms with E-state index < -0.39 is 11.6 Å². The van der Waals surface area contributed by atoms with Crippen molar-refractivity contribution >= 4 is 11.4 Å². The van der Waals surface area contributed by atoms with E-state index in [1.54, 1.807) is 12.1 Å². The molecule has 3 N–H and O–H groups in total. The summed E-state index contributed by atoms with van der Waals surface area (Å²) in [5, 5.41) is 2.71. The van der Waals surface area contributed by atoms with E-state index in [0.29, 0.717) is 5.69 Å². The molecule has 0 spiro atoms. The van der Waals surface area contributed by atoms with Gasteiger partial charge in [0, 0.05) is 12.2 Å². The first-order valence-corrected chi connectivity index (χ1v) is 5.20. The highest BCUT2D eigenvalue weighted by atomic mass is 19.1. The number of hydrogen-bond acceptors (Lipinski definition) is 2. The Kier molecular flexibility index (Phi) is 3.23. The lowest BCUT2D eigenvalue weighted by Crippen LogP contribution is -2.05. The minimum atomic E-state index is -0.612. The van der Waals surface area contributed by atoms with E-state index in [1.807, 2.05) is 12.1 Å². The molecule has 2 rings (SSSR count). The Morgan fingerprint density at radius 1 is 0.941 bits per heavy atom. The van der Waals surface area contributed by atoms with Gasteiger partial charge in [-0.3, -0.25) is 0 Å². The van der Waals surface area contributed by atoms with Gasteiger partial charge in [-0.15, -0.1) is 0 Å². The molecule has 0 radical (unpaired) electrons. The maximum atomic E-state index is 13.3. The van der Waals surface area contributed by atoms with Crippen molar-refractivity contribution in [1.82, 2.24) is 0 Å². The predicted molar refractivity (Wildman–Crippen MR) is 64.5 cm³/mol. The van der Waals surface area contributed by atoms with Gasteiger partial charge in [0.1, 0.15) is 17.3 Å². The van der Waals surface area contributed by atoms with Crippen LogP contribution in [0.2, 0.25) is 0 Å². The summed E-state index contributed by atoms with van der Waals surface area (Å²) in [4.78, 5) is 0. The molecule has 0 unspecified atom stereocenters. The molecule has 17 heavy (non-hydrogen) atoms. The molecule has 0 atom stereocenters. The van der Waals surface area contributed by atoms with Crippen LogP contribution in [-0.4, -0.2) is 0 Å². The standard InChI is InChI=1S/C13H12F2N2/c14-10-5-3-6-11(15)13(10)17-8-9-4-1-2-7-12(9)16/h1-7,17H,8,16H2. The van der Waals surface area contributed by atoms with Gasteiger partial charge in [-0.25, -0.2) is 8.78 Å². The Morgan fingerprint density at radius 2 is 1.59 bits per heavy atom. The lowest BCUT2D eigenvalue weighted by atomic mass is 10.2. The number of para-hydroxylation sites is 2. The summed E-state index contributed by atoms with van der Waals surface area (Å²) >= 11 is 0. The number of nitrogen functional groups attached to an aromatic ring is 1. The van der Waals surface area contributed by atoms with Crippen molar-refractivity contribution in [3.63, 3.8) is 0 Å². The maximum absolute atomic E-state index is 13.3. The Labute approximate surface area is 98.1 Å². The van der Waals surface area contributed by atoms with Gasteiger partial charge in [0.2, 0.25) is 0 Å². The van der Waals surface area contributed by atoms with Crippen LogP contribution < -0.4 is 11.1 Å². The summed E-state index contributed by atoms with van der Waals surface area (Å²) in [6, 6.07) is 10.9. The van der Waals surface area contributed by atoms with Gasteiger partial charge in [0.05, 0.1) is 0 Å². The fourth-order valence-electron chi connectivity index (χ4n) is 1.55. The Bertz CT molecular complexity index is 506. The third-order valence-corrected chi connectivity index (χ3v) is 2.47. The number of hydrogen-bond donors (Lipinski definition) is 2. The van der Waals surface area contributed by atoms with E-state index in [2.05, 4.69) is 5.32 Å². The summed E-state index contributed by atoms with van der Waals surface area (Å²) in [6.07, 6.45) is 0. The molecular weight excluding hydrogens is 222 g/mol. The van der Waals surface area contributed by atoms with Crippen LogP contribution in [0.15, 0.2) is 42.5 Å². The second kappa shape index (κ2) is 4.82. The summed E-state index contributed by atoms with van der Waals surface area (Å²) in [5.41, 5.74) is 7.00. The first-order valence-electron chi connectivity index (χ1n) is 5.20. The van der Waals surface area contributed by atoms with Gasteiger partial charge in [-0.2, -0.15) is 0 Å². The van der Waals surface area contributed by atoms with Crippen molar-refractivity contribution in [2.75, 3.05) is 11.1 Å². The zero-order chi connectivity index (χ0) is 12.3. The molecule has 0 aromatic heterocycles. The highest BCUT2D eigenvalue weighted by Crippen LogP contribution is 2.20. The van der Waals surface area contributed by atoms with E-state index in [9.17, 15) is 8.78 Å². The molecule has 2 aromatic rings. The van der Waals surface area contributed by atoms with Crippen LogP contribution in [0.5, 0.6) is 0 Å². The summed E-state index contributed by atoms with van der Waals surface area (Å²) in [7, 11) is 0. The highest BCUT2D eigenvalue weighted by Gasteiger charge is 2.07. The lowest BCUT2D eigenvalue weighted by molar-refractivity contribution is 0.588. The molecule has 0 aliphatic heterocycles. The minimum Gasteiger partial charge on any atom is -0.398 e. The van der Waals surface area contributed by atoms with Crippen LogP contribution in [0, 0.1) is 11.6 Å². The minimum absolute atomic E-state index is 0.129. The molecule has 0 fully saturated rings. The zero-order valence-electron chi connectivity index (χ0n) is 9.08. The molecule has 0 saturated carbocycles. The zero-order valence-corrected chi connectivity index (χ0v) is 9.08. The number of rotatable bonds is 3. The monoisotopic (exact) mass is 234 g/mol. The first-order chi connectivity index (χ1) is 8.18. The normalized spacial score (nSPS) is 10.2. The topological polar surface area (TPSA) is 38.0 Å². The molecular formula is C13H12F2N2. The van der Waals surface area contributed by atoms with Crippen LogP contribution in [0.25, 0.3) is 0 Å². The summed E-state index contributed by atoms with van der Waals surface area (Å²) < 4.78 is 26.6. The van der Waals surface area contributed by atoms with Crippen molar-refractivity contribution in [1.29, 1.82) is 0 Å². The van der Waals surface area contributed by atoms with Crippen LogP contribution in [0.4, 0.5) is 20.2 Å². The van der Waals surface area contributed by atoms with Gasteiger partial charge in [-0.1, -0.05) is 24.3 Å². The second-order valence-electron chi connectivity index (χ2n) is 3.65. The smallest absolute Gasteiger partial charge is 0.149 e. The molecule has 88 valence electrons. The number of nitrogens with two attached hydrogens (primary N) is 1. The number of anilines is 2. The average Bonchev–Trinajstić information content (AvgIpc) is 2.30. The molecule has 2 nitrogen and oxygen atoms in total. The SMILES string of the molecule is Nc1ccccc1CNc1c(F)cccc1F. The van der Waals surface area contributed by atoms with Crippen molar-refractivity contribution in [2.45, 2.75) is 6.54 Å². The van der Waals surface area contributed by atoms with Gasteiger partial charge in [0.15, 0.2) is 0 Å². The largest absolute Gasteiger partial charge is 0.398 e. The highest BCUT2D eigenvalue weighted by molar-refractivity contribution is 5.51. The number of nitrogens with one attached hydrogen (secondary N) is 1. The maximum Gasteiger partial charge on any atom is 0.149 e. The van der Waals surface area contributed by atoms with Gasteiger partial charge in [-0.05, 0) is 23.8 Å². The lowest BCUT2D eigenvalue weighted by Gasteiger charge is -2.10. The van der Waals surface area contributed by atoms with E-state index >= 15 is 0 Å². The van der Waals surface area contributed by atoms with Crippen LogP contribution in [0.1, 0.15) is 5.56 Å². The Hall–Kier alpha value is -2.10. The third-order valence-electron chi connectivity index (χ3n) is 2.47. The molecule has 2 aromatic carbocycles. The summed E-state index contributed by atoms with van der Waals surface area (Å²) in [6.45, 7) is 0.282. The molecule has 0 aliphatic rings. The van der Waals surface area contributed by atoms with Gasteiger partial charge >= 0.3 is 0 Å². The fourth-order valence-corrected chi connectivity index (χ4v) is 1.55. The summed E-state index contributed by atoms with van der Waals surface area (Å²) in [5.74, 6) is -1.22. The van der Waals surface area contributed by atoms with E-state index in [4.69, 9.17) is 5.73 Å². The van der Waals surface area contributed by atoms with Crippen molar-refractivity contribution in [3.05, 3.63) is 59.7 Å². The van der Waals surface area contributed by atoms with Crippen LogP contribution in [0.3, 0.4) is 0 Å². The average molecular weight is 234 g/mol. The van der Waals surface area contributed by atoms with E-state index in [0.717, 1.165) is 5.56 Å². The van der Waals surface area contributed by atoms with Crippen molar-refractivity contribution in [3.8, 4) is 0 Å². The molecule has 0 aliphatic carbocycles. The van der Waals surface area contributed by atoms with Crippen molar-refractivity contribution in [2.24, 2.45) is 0 Å². The molecule has 4 heteroatoms. The quantitative estimate of drug-likeness (QED) is 0.800. The van der Waals surface area contributed by atoms with Gasteiger partial charge in [0.25, 0.3) is 0 Å². The third kappa shape index (κ3) is 2.53. The Morgan fingerprint density at radius 3 is 2.24 bits per heavy atom. The molecule has 0 amide bonds. The number of halogens is 2. The number of benzene rings is 2. The first kappa shape index (κ1) is 11.4. The van der Waals surface area contributed by atoms with Crippen LogP contribution in [-0.2, 0) is 6.54 Å². The molecule has 0 saturated heterocycles. The van der Waals surface area contributed by atoms with E-state index in [-0.39, 0.29) is 12.2 Å². The van der Waals surface area contributed by atoms with Crippen molar-refractivity contribution < 1.29 is 8.78 Å². The Balaban J connectivity index is 2.16. The second-order valence-corrected chi connectivity index (χ2v) is 3.65. The molecule has 0 bridgehead atoms. The van der Waals surface area contributed by atoms with Gasteiger partial charge < -0.3 is 11.1 Å². The molecule has 0 heterocycles.